The largest absolute Gasteiger partial charge is 0.495 e. The minimum absolute atomic E-state index is 0.0236. The number of ketones is 1. The highest BCUT2D eigenvalue weighted by Crippen LogP contribution is 2.39. The molecule has 128 valence electrons. The molecule has 0 amide bonds. The number of fused-ring (bicyclic) bond motifs is 1. The van der Waals surface area contributed by atoms with Gasteiger partial charge in [0.2, 0.25) is 0 Å². The molecule has 24 heavy (non-hydrogen) atoms. The number of methoxy groups -OCH3 is 1. The van der Waals surface area contributed by atoms with Gasteiger partial charge in [-0.05, 0) is 28.1 Å². The average molecular weight is 419 g/mol. The van der Waals surface area contributed by atoms with Crippen LogP contribution in [-0.4, -0.2) is 35.0 Å². The quantitative estimate of drug-likeness (QED) is 0.550. The fourth-order valence-electron chi connectivity index (χ4n) is 2.21. The standard InChI is InChI=1S/C15H12BrFO6S/c1-5(14(19)20)10(15(21)22)13(18)9-3-6-8(24-9)4-7(23-2)11(16)12(6)17/h3-5,10H,1-2H3,(H,19,20)(H,21,22). The van der Waals surface area contributed by atoms with E-state index in [0.717, 1.165) is 18.3 Å². The van der Waals surface area contributed by atoms with Gasteiger partial charge in [-0.15, -0.1) is 11.3 Å². The van der Waals surface area contributed by atoms with E-state index in [9.17, 15) is 23.9 Å². The number of rotatable bonds is 6. The Bertz CT molecular complexity index is 846. The molecule has 6 nitrogen and oxygen atoms in total. The molecule has 2 aromatic rings. The number of hydrogen-bond acceptors (Lipinski definition) is 5. The molecule has 1 aromatic heterocycles. The second kappa shape index (κ2) is 6.86. The summed E-state index contributed by atoms with van der Waals surface area (Å²) in [6.07, 6.45) is 0. The molecule has 2 atom stereocenters. The smallest absolute Gasteiger partial charge is 0.315 e. The predicted octanol–water partition coefficient (Wildman–Crippen LogP) is 3.42. The number of aliphatic carboxylic acids is 2. The van der Waals surface area contributed by atoms with Gasteiger partial charge in [0.25, 0.3) is 0 Å². The summed E-state index contributed by atoms with van der Waals surface area (Å²) < 4.78 is 19.8. The maximum atomic E-state index is 14.3. The van der Waals surface area contributed by atoms with Crippen LogP contribution in [-0.2, 0) is 9.59 Å². The first-order valence-corrected chi connectivity index (χ1v) is 8.25. The number of carbonyl (C=O) groups excluding carboxylic acids is 1. The first kappa shape index (κ1) is 18.3. The number of carboxylic acids is 2. The molecule has 0 spiro atoms. The van der Waals surface area contributed by atoms with Crippen molar-refractivity contribution in [1.82, 2.24) is 0 Å². The van der Waals surface area contributed by atoms with Gasteiger partial charge in [-0.1, -0.05) is 6.92 Å². The highest BCUT2D eigenvalue weighted by Gasteiger charge is 2.37. The zero-order valence-electron chi connectivity index (χ0n) is 12.5. The molecule has 2 N–H and O–H groups in total. The zero-order valence-corrected chi connectivity index (χ0v) is 14.9. The van der Waals surface area contributed by atoms with Crippen LogP contribution in [0.3, 0.4) is 0 Å². The highest BCUT2D eigenvalue weighted by molar-refractivity contribution is 9.10. The molecule has 0 bridgehead atoms. The van der Waals surface area contributed by atoms with Crippen molar-refractivity contribution in [2.24, 2.45) is 11.8 Å². The zero-order chi connectivity index (χ0) is 18.2. The average Bonchev–Trinajstić information content (AvgIpc) is 2.94. The number of benzene rings is 1. The minimum atomic E-state index is -1.75. The van der Waals surface area contributed by atoms with Crippen LogP contribution in [0.15, 0.2) is 16.6 Å². The fourth-order valence-corrected chi connectivity index (χ4v) is 3.77. The first-order chi connectivity index (χ1) is 11.2. The van der Waals surface area contributed by atoms with E-state index in [1.54, 1.807) is 0 Å². The van der Waals surface area contributed by atoms with Gasteiger partial charge in [-0.2, -0.15) is 0 Å². The van der Waals surface area contributed by atoms with Crippen LogP contribution in [0, 0.1) is 17.7 Å². The molecular formula is C15H12BrFO6S. The van der Waals surface area contributed by atoms with Crippen LogP contribution in [0.25, 0.3) is 10.1 Å². The van der Waals surface area contributed by atoms with Crippen molar-refractivity contribution < 1.29 is 33.7 Å². The van der Waals surface area contributed by atoms with Gasteiger partial charge >= 0.3 is 11.9 Å². The van der Waals surface area contributed by atoms with Crippen LogP contribution in [0.4, 0.5) is 4.39 Å². The van der Waals surface area contributed by atoms with Gasteiger partial charge in [0.1, 0.15) is 17.5 Å². The molecule has 0 saturated carbocycles. The van der Waals surface area contributed by atoms with Crippen molar-refractivity contribution >= 4 is 55.1 Å². The van der Waals surface area contributed by atoms with Crippen LogP contribution in [0.1, 0.15) is 16.6 Å². The summed E-state index contributed by atoms with van der Waals surface area (Å²) >= 11 is 3.94. The molecule has 0 radical (unpaired) electrons. The molecule has 0 aliphatic heterocycles. The van der Waals surface area contributed by atoms with Gasteiger partial charge in [0.15, 0.2) is 5.78 Å². The Morgan fingerprint density at radius 1 is 1.25 bits per heavy atom. The van der Waals surface area contributed by atoms with Gasteiger partial charge < -0.3 is 14.9 Å². The van der Waals surface area contributed by atoms with Crippen LogP contribution in [0.5, 0.6) is 5.75 Å². The molecule has 0 saturated heterocycles. The second-order valence-corrected chi connectivity index (χ2v) is 6.91. The molecule has 1 heterocycles. The first-order valence-electron chi connectivity index (χ1n) is 6.64. The molecular weight excluding hydrogens is 407 g/mol. The lowest BCUT2D eigenvalue weighted by molar-refractivity contribution is -0.151. The summed E-state index contributed by atoms with van der Waals surface area (Å²) in [7, 11) is 1.36. The monoisotopic (exact) mass is 418 g/mol. The van der Waals surface area contributed by atoms with Crippen molar-refractivity contribution in [3.63, 3.8) is 0 Å². The van der Waals surface area contributed by atoms with Crippen molar-refractivity contribution in [3.05, 3.63) is 27.3 Å². The molecule has 0 aliphatic rings. The summed E-state index contributed by atoms with van der Waals surface area (Å²) in [6, 6.07) is 2.74. The van der Waals surface area contributed by atoms with E-state index in [-0.39, 0.29) is 20.5 Å². The number of ether oxygens (including phenoxy) is 1. The Morgan fingerprint density at radius 2 is 1.88 bits per heavy atom. The van der Waals surface area contributed by atoms with E-state index < -0.39 is 35.4 Å². The Kier molecular flexibility index (Phi) is 5.24. The Labute approximate surface area is 148 Å². The number of Topliss-reactive ketones (excluding diaryl/α,β-unsaturated/α-hetero) is 1. The Balaban J connectivity index is 2.55. The maximum absolute atomic E-state index is 14.3. The Morgan fingerprint density at radius 3 is 2.38 bits per heavy atom. The topological polar surface area (TPSA) is 101 Å². The summed E-state index contributed by atoms with van der Waals surface area (Å²) in [4.78, 5) is 34.8. The second-order valence-electron chi connectivity index (χ2n) is 5.04. The van der Waals surface area contributed by atoms with Gasteiger partial charge in [-0.25, -0.2) is 4.39 Å². The van der Waals surface area contributed by atoms with Gasteiger partial charge in [0.05, 0.1) is 22.4 Å². The lowest BCUT2D eigenvalue weighted by Gasteiger charge is -2.14. The minimum Gasteiger partial charge on any atom is -0.495 e. The number of carbonyl (C=O) groups is 3. The van der Waals surface area contributed by atoms with Crippen LogP contribution in [0.2, 0.25) is 0 Å². The molecule has 0 aliphatic carbocycles. The van der Waals surface area contributed by atoms with E-state index >= 15 is 0 Å². The highest BCUT2D eigenvalue weighted by atomic mass is 79.9. The summed E-state index contributed by atoms with van der Waals surface area (Å²) in [5.74, 6) is -7.37. The molecule has 2 unspecified atom stereocenters. The third kappa shape index (κ3) is 3.13. The Hall–Kier alpha value is -2.00. The fraction of sp³-hybridized carbons (Fsp3) is 0.267. The molecule has 2 rings (SSSR count). The number of carboxylic acid groups (broad SMARTS) is 2. The lowest BCUT2D eigenvalue weighted by Crippen LogP contribution is -2.33. The normalized spacial score (nSPS) is 13.5. The number of hydrogen-bond donors (Lipinski definition) is 2. The van der Waals surface area contributed by atoms with Crippen LogP contribution < -0.4 is 4.74 Å². The number of thiophene rings is 1. The summed E-state index contributed by atoms with van der Waals surface area (Å²) in [5, 5.41) is 18.3. The van der Waals surface area contributed by atoms with E-state index in [2.05, 4.69) is 15.9 Å². The third-order valence-electron chi connectivity index (χ3n) is 3.57. The van der Waals surface area contributed by atoms with E-state index in [1.807, 2.05) is 0 Å². The molecule has 1 aromatic carbocycles. The van der Waals surface area contributed by atoms with Crippen LogP contribution >= 0.6 is 27.3 Å². The van der Waals surface area contributed by atoms with Gasteiger partial charge in [0, 0.05) is 10.1 Å². The lowest BCUT2D eigenvalue weighted by atomic mass is 9.89. The van der Waals surface area contributed by atoms with E-state index in [4.69, 9.17) is 9.84 Å². The van der Waals surface area contributed by atoms with Crippen molar-refractivity contribution in [2.45, 2.75) is 6.92 Å². The third-order valence-corrected chi connectivity index (χ3v) is 5.40. The summed E-state index contributed by atoms with van der Waals surface area (Å²) in [5.41, 5.74) is 0. The maximum Gasteiger partial charge on any atom is 0.315 e. The van der Waals surface area contributed by atoms with Gasteiger partial charge in [-0.3, -0.25) is 14.4 Å². The summed E-state index contributed by atoms with van der Waals surface area (Å²) in [6.45, 7) is 1.15. The number of halogens is 2. The molecule has 0 fully saturated rings. The van der Waals surface area contributed by atoms with Crippen molar-refractivity contribution in [1.29, 1.82) is 0 Å². The SMILES string of the molecule is COc1cc2sc(C(=O)C(C(=O)O)C(C)C(=O)O)cc2c(F)c1Br. The van der Waals surface area contributed by atoms with Crippen molar-refractivity contribution in [3.8, 4) is 5.75 Å². The predicted molar refractivity (Wildman–Crippen MR) is 88.3 cm³/mol. The molecule has 9 heteroatoms. The van der Waals surface area contributed by atoms with E-state index in [0.29, 0.717) is 4.70 Å². The van der Waals surface area contributed by atoms with Crippen molar-refractivity contribution in [2.75, 3.05) is 7.11 Å². The van der Waals surface area contributed by atoms with E-state index in [1.165, 1.54) is 19.2 Å².